The number of aliphatic imine (C=N–C) groups is 1. The Kier molecular flexibility index (Phi) is 7.00. The standard InChI is InChI=1S/C19H32N8/c1-4-25-9-11-26(12-10-25)15-16(2)13-21-19(20-3)22-14-18-24-23-17-7-5-6-8-27(17)18/h5-8,16H,4,9-15H2,1-3H3,(H2,20,21,22). The number of nitrogens with one attached hydrogen (secondary N) is 2. The Balaban J connectivity index is 1.41. The maximum atomic E-state index is 4.32. The number of hydrogen-bond donors (Lipinski definition) is 2. The van der Waals surface area contributed by atoms with Crippen LogP contribution in [0.3, 0.4) is 0 Å². The number of aromatic nitrogens is 3. The third-order valence-electron chi connectivity index (χ3n) is 5.12. The maximum Gasteiger partial charge on any atom is 0.191 e. The van der Waals surface area contributed by atoms with Crippen LogP contribution in [0.1, 0.15) is 19.7 Å². The van der Waals surface area contributed by atoms with E-state index in [9.17, 15) is 0 Å². The first-order valence-electron chi connectivity index (χ1n) is 9.87. The van der Waals surface area contributed by atoms with Crippen LogP contribution < -0.4 is 10.6 Å². The third-order valence-corrected chi connectivity index (χ3v) is 5.12. The molecular weight excluding hydrogens is 340 g/mol. The average molecular weight is 373 g/mol. The smallest absolute Gasteiger partial charge is 0.191 e. The van der Waals surface area contributed by atoms with Gasteiger partial charge in [0.2, 0.25) is 0 Å². The SMILES string of the molecule is CCN1CCN(CC(C)CNC(=NC)NCc2nnc3ccccn23)CC1. The van der Waals surface area contributed by atoms with E-state index in [2.05, 4.69) is 49.5 Å². The number of nitrogens with zero attached hydrogens (tertiary/aromatic N) is 6. The van der Waals surface area contributed by atoms with E-state index < -0.39 is 0 Å². The van der Waals surface area contributed by atoms with E-state index in [4.69, 9.17) is 0 Å². The van der Waals surface area contributed by atoms with Crippen LogP contribution in [0.15, 0.2) is 29.4 Å². The highest BCUT2D eigenvalue weighted by molar-refractivity contribution is 5.79. The first-order chi connectivity index (χ1) is 13.2. The summed E-state index contributed by atoms with van der Waals surface area (Å²) in [6.07, 6.45) is 1.98. The highest BCUT2D eigenvalue weighted by atomic mass is 15.3. The predicted molar refractivity (Wildman–Crippen MR) is 109 cm³/mol. The van der Waals surface area contributed by atoms with E-state index in [-0.39, 0.29) is 0 Å². The Morgan fingerprint density at radius 1 is 1.15 bits per heavy atom. The highest BCUT2D eigenvalue weighted by Crippen LogP contribution is 2.05. The van der Waals surface area contributed by atoms with Gasteiger partial charge in [-0.3, -0.25) is 9.39 Å². The molecule has 2 N–H and O–H groups in total. The lowest BCUT2D eigenvalue weighted by molar-refractivity contribution is 0.124. The van der Waals surface area contributed by atoms with Crippen molar-refractivity contribution in [2.75, 3.05) is 52.9 Å². The van der Waals surface area contributed by atoms with Crippen molar-refractivity contribution in [3.8, 4) is 0 Å². The number of guanidine groups is 1. The molecule has 0 bridgehead atoms. The van der Waals surface area contributed by atoms with Gasteiger partial charge >= 0.3 is 0 Å². The van der Waals surface area contributed by atoms with Gasteiger partial charge in [0.1, 0.15) is 0 Å². The minimum Gasteiger partial charge on any atom is -0.356 e. The van der Waals surface area contributed by atoms with E-state index >= 15 is 0 Å². The Morgan fingerprint density at radius 2 is 1.93 bits per heavy atom. The van der Waals surface area contributed by atoms with Crippen molar-refractivity contribution in [3.63, 3.8) is 0 Å². The monoisotopic (exact) mass is 372 g/mol. The highest BCUT2D eigenvalue weighted by Gasteiger charge is 2.17. The van der Waals surface area contributed by atoms with Gasteiger partial charge in [-0.1, -0.05) is 19.9 Å². The molecule has 3 rings (SSSR count). The summed E-state index contributed by atoms with van der Waals surface area (Å²) in [5.41, 5.74) is 0.856. The third kappa shape index (κ3) is 5.40. The van der Waals surface area contributed by atoms with Crippen molar-refractivity contribution >= 4 is 11.6 Å². The molecule has 2 aromatic rings. The fourth-order valence-corrected chi connectivity index (χ4v) is 3.46. The van der Waals surface area contributed by atoms with E-state index in [0.717, 1.165) is 37.1 Å². The van der Waals surface area contributed by atoms with Gasteiger partial charge in [0.25, 0.3) is 0 Å². The molecule has 8 heteroatoms. The number of piperazine rings is 1. The molecule has 0 spiro atoms. The molecule has 1 aliphatic rings. The molecule has 0 radical (unpaired) electrons. The molecule has 1 unspecified atom stereocenters. The van der Waals surface area contributed by atoms with Gasteiger partial charge in [0, 0.05) is 52.5 Å². The predicted octanol–water partition coefficient (Wildman–Crippen LogP) is 0.668. The minimum absolute atomic E-state index is 0.561. The van der Waals surface area contributed by atoms with Crippen molar-refractivity contribution < 1.29 is 0 Å². The Labute approximate surface area is 161 Å². The summed E-state index contributed by atoms with van der Waals surface area (Å²) in [7, 11) is 1.80. The number of fused-ring (bicyclic) bond motifs is 1. The summed E-state index contributed by atoms with van der Waals surface area (Å²) in [6.45, 7) is 13.0. The molecular formula is C19H32N8. The summed E-state index contributed by atoms with van der Waals surface area (Å²) in [5.74, 6) is 2.23. The Hall–Kier alpha value is -2.19. The zero-order valence-corrected chi connectivity index (χ0v) is 16.7. The number of likely N-dealkylation sites (N-methyl/N-ethyl adjacent to an activating group) is 1. The Bertz CT molecular complexity index is 732. The second-order valence-electron chi connectivity index (χ2n) is 7.19. The largest absolute Gasteiger partial charge is 0.356 e. The first-order valence-corrected chi connectivity index (χ1v) is 9.87. The van der Waals surface area contributed by atoms with Crippen LogP contribution in [0.4, 0.5) is 0 Å². The van der Waals surface area contributed by atoms with Crippen LogP contribution in [-0.4, -0.2) is 83.2 Å². The fraction of sp³-hybridized carbons (Fsp3) is 0.632. The van der Waals surface area contributed by atoms with Crippen molar-refractivity contribution in [3.05, 3.63) is 30.2 Å². The summed E-state index contributed by atoms with van der Waals surface area (Å²) < 4.78 is 1.98. The van der Waals surface area contributed by atoms with Crippen molar-refractivity contribution in [2.45, 2.75) is 20.4 Å². The normalized spacial score (nSPS) is 18.0. The van der Waals surface area contributed by atoms with Crippen LogP contribution in [0, 0.1) is 5.92 Å². The second kappa shape index (κ2) is 9.66. The van der Waals surface area contributed by atoms with Gasteiger partial charge in [0.15, 0.2) is 17.4 Å². The van der Waals surface area contributed by atoms with E-state index in [1.165, 1.54) is 26.2 Å². The molecule has 2 aromatic heterocycles. The van der Waals surface area contributed by atoms with Crippen LogP contribution in [-0.2, 0) is 6.54 Å². The van der Waals surface area contributed by atoms with E-state index in [0.29, 0.717) is 12.5 Å². The molecule has 1 fully saturated rings. The van der Waals surface area contributed by atoms with Crippen molar-refractivity contribution in [1.82, 2.24) is 35.0 Å². The fourth-order valence-electron chi connectivity index (χ4n) is 3.46. The molecule has 148 valence electrons. The average Bonchev–Trinajstić information content (AvgIpc) is 3.12. The zero-order valence-electron chi connectivity index (χ0n) is 16.7. The van der Waals surface area contributed by atoms with Crippen molar-refractivity contribution in [1.29, 1.82) is 0 Å². The lowest BCUT2D eigenvalue weighted by Crippen LogP contribution is -2.48. The zero-order chi connectivity index (χ0) is 19.1. The van der Waals surface area contributed by atoms with E-state index in [1.807, 2.05) is 28.8 Å². The molecule has 3 heterocycles. The van der Waals surface area contributed by atoms with Gasteiger partial charge < -0.3 is 20.4 Å². The van der Waals surface area contributed by atoms with Crippen LogP contribution >= 0.6 is 0 Å². The summed E-state index contributed by atoms with van der Waals surface area (Å²) >= 11 is 0. The molecule has 0 saturated carbocycles. The lowest BCUT2D eigenvalue weighted by atomic mass is 10.1. The van der Waals surface area contributed by atoms with Gasteiger partial charge in [-0.15, -0.1) is 10.2 Å². The first kappa shape index (κ1) is 19.6. The van der Waals surface area contributed by atoms with E-state index in [1.54, 1.807) is 7.05 Å². The molecule has 0 amide bonds. The van der Waals surface area contributed by atoms with Gasteiger partial charge in [-0.05, 0) is 24.6 Å². The van der Waals surface area contributed by atoms with Crippen LogP contribution in [0.25, 0.3) is 5.65 Å². The Morgan fingerprint density at radius 3 is 2.67 bits per heavy atom. The van der Waals surface area contributed by atoms with Crippen LogP contribution in [0.5, 0.6) is 0 Å². The molecule has 1 atom stereocenters. The summed E-state index contributed by atoms with van der Waals surface area (Å²) in [6, 6.07) is 5.89. The number of pyridine rings is 1. The van der Waals surface area contributed by atoms with Gasteiger partial charge in [-0.2, -0.15) is 0 Å². The molecule has 0 aliphatic carbocycles. The lowest BCUT2D eigenvalue weighted by Gasteiger charge is -2.35. The summed E-state index contributed by atoms with van der Waals surface area (Å²) in [5, 5.41) is 15.2. The van der Waals surface area contributed by atoms with Gasteiger partial charge in [0.05, 0.1) is 6.54 Å². The topological polar surface area (TPSA) is 73.1 Å². The van der Waals surface area contributed by atoms with Gasteiger partial charge in [-0.25, -0.2) is 0 Å². The molecule has 27 heavy (non-hydrogen) atoms. The molecule has 0 aromatic carbocycles. The second-order valence-corrected chi connectivity index (χ2v) is 7.19. The number of rotatable bonds is 7. The molecule has 8 nitrogen and oxygen atoms in total. The summed E-state index contributed by atoms with van der Waals surface area (Å²) in [4.78, 5) is 9.40. The van der Waals surface area contributed by atoms with Crippen LogP contribution in [0.2, 0.25) is 0 Å². The molecule has 1 saturated heterocycles. The molecule has 1 aliphatic heterocycles. The minimum atomic E-state index is 0.561. The number of hydrogen-bond acceptors (Lipinski definition) is 5. The van der Waals surface area contributed by atoms with Crippen molar-refractivity contribution in [2.24, 2.45) is 10.9 Å². The maximum absolute atomic E-state index is 4.32. The quantitative estimate of drug-likeness (QED) is 0.550.